The van der Waals surface area contributed by atoms with Crippen molar-refractivity contribution >= 4 is 5.91 Å². The highest BCUT2D eigenvalue weighted by molar-refractivity contribution is 5.87. The normalized spacial score (nSPS) is 28.8. The average Bonchev–Trinajstić information content (AvgIpc) is 3.01. The second kappa shape index (κ2) is 4.40. The van der Waals surface area contributed by atoms with Gasteiger partial charge in [0.05, 0.1) is 19.1 Å². The Labute approximate surface area is 95.1 Å². The van der Waals surface area contributed by atoms with Crippen molar-refractivity contribution in [3.05, 3.63) is 0 Å². The van der Waals surface area contributed by atoms with Crippen LogP contribution in [0.3, 0.4) is 0 Å². The summed E-state index contributed by atoms with van der Waals surface area (Å²) in [6, 6.07) is 2.38. The van der Waals surface area contributed by atoms with Crippen LogP contribution in [0.1, 0.15) is 25.7 Å². The smallest absolute Gasteiger partial charge is 0.245 e. The molecule has 16 heavy (non-hydrogen) atoms. The highest BCUT2D eigenvalue weighted by Crippen LogP contribution is 2.30. The minimum absolute atomic E-state index is 0.0391. The standard InChI is InChI=1S/C11H17N3O2/c12-5-1-6-14(9-2-3-9)10(15)11(13)4-7-16-8-11/h9H,1-4,6-8,13H2. The van der Waals surface area contributed by atoms with Crippen LogP contribution < -0.4 is 5.73 Å². The summed E-state index contributed by atoms with van der Waals surface area (Å²) in [5, 5.41) is 8.58. The molecule has 0 aromatic carbocycles. The van der Waals surface area contributed by atoms with Gasteiger partial charge in [-0.05, 0) is 19.3 Å². The van der Waals surface area contributed by atoms with Crippen LogP contribution in [0.15, 0.2) is 0 Å². The van der Waals surface area contributed by atoms with Gasteiger partial charge in [-0.1, -0.05) is 0 Å². The maximum absolute atomic E-state index is 12.3. The number of ether oxygens (including phenoxy) is 1. The molecular formula is C11H17N3O2. The third-order valence-corrected chi connectivity index (χ3v) is 3.19. The van der Waals surface area contributed by atoms with Gasteiger partial charge in [-0.15, -0.1) is 0 Å². The van der Waals surface area contributed by atoms with E-state index in [9.17, 15) is 4.79 Å². The fourth-order valence-electron chi connectivity index (χ4n) is 2.04. The second-order valence-electron chi connectivity index (χ2n) is 4.60. The Morgan fingerprint density at radius 1 is 1.62 bits per heavy atom. The molecule has 0 aromatic rings. The zero-order chi connectivity index (χ0) is 11.6. The maximum atomic E-state index is 12.3. The third-order valence-electron chi connectivity index (χ3n) is 3.19. The van der Waals surface area contributed by atoms with Crippen molar-refractivity contribution in [1.82, 2.24) is 4.90 Å². The Bertz CT molecular complexity index is 314. The summed E-state index contributed by atoms with van der Waals surface area (Å²) < 4.78 is 5.20. The minimum atomic E-state index is -0.849. The lowest BCUT2D eigenvalue weighted by atomic mass is 9.98. The van der Waals surface area contributed by atoms with Crippen LogP contribution in [0.2, 0.25) is 0 Å². The second-order valence-corrected chi connectivity index (χ2v) is 4.60. The van der Waals surface area contributed by atoms with Crippen molar-refractivity contribution in [2.45, 2.75) is 37.3 Å². The quantitative estimate of drug-likeness (QED) is 0.728. The molecule has 2 fully saturated rings. The van der Waals surface area contributed by atoms with E-state index in [0.717, 1.165) is 12.8 Å². The van der Waals surface area contributed by atoms with Gasteiger partial charge in [0.15, 0.2) is 0 Å². The summed E-state index contributed by atoms with van der Waals surface area (Å²) in [5.74, 6) is -0.0391. The third kappa shape index (κ3) is 2.18. The van der Waals surface area contributed by atoms with Gasteiger partial charge in [-0.3, -0.25) is 4.79 Å². The van der Waals surface area contributed by atoms with Crippen molar-refractivity contribution in [3.63, 3.8) is 0 Å². The molecule has 2 aliphatic rings. The van der Waals surface area contributed by atoms with Gasteiger partial charge in [0.25, 0.3) is 0 Å². The van der Waals surface area contributed by atoms with E-state index in [1.54, 1.807) is 4.90 Å². The predicted molar refractivity (Wildman–Crippen MR) is 57.3 cm³/mol. The number of nitrogens with zero attached hydrogens (tertiary/aromatic N) is 2. The van der Waals surface area contributed by atoms with Gasteiger partial charge in [-0.2, -0.15) is 5.26 Å². The minimum Gasteiger partial charge on any atom is -0.379 e. The van der Waals surface area contributed by atoms with Crippen LogP contribution in [0.5, 0.6) is 0 Å². The zero-order valence-electron chi connectivity index (χ0n) is 9.32. The topological polar surface area (TPSA) is 79.4 Å². The van der Waals surface area contributed by atoms with E-state index in [0.29, 0.717) is 38.6 Å². The molecule has 1 atom stereocenters. The number of carbonyl (C=O) groups is 1. The molecule has 0 aromatic heterocycles. The molecule has 2 rings (SSSR count). The summed E-state index contributed by atoms with van der Waals surface area (Å²) in [6.07, 6.45) is 3.03. The van der Waals surface area contributed by atoms with Crippen LogP contribution in [-0.4, -0.2) is 42.1 Å². The fourth-order valence-corrected chi connectivity index (χ4v) is 2.04. The molecule has 2 N–H and O–H groups in total. The highest BCUT2D eigenvalue weighted by Gasteiger charge is 2.44. The number of rotatable bonds is 4. The average molecular weight is 223 g/mol. The zero-order valence-corrected chi connectivity index (χ0v) is 9.32. The van der Waals surface area contributed by atoms with E-state index in [4.69, 9.17) is 15.7 Å². The van der Waals surface area contributed by atoms with Crippen LogP contribution in [-0.2, 0) is 9.53 Å². The number of carbonyl (C=O) groups excluding carboxylic acids is 1. The van der Waals surface area contributed by atoms with Crippen LogP contribution in [0, 0.1) is 11.3 Å². The number of nitriles is 1. The van der Waals surface area contributed by atoms with E-state index in [1.165, 1.54) is 0 Å². The summed E-state index contributed by atoms with van der Waals surface area (Å²) in [5.41, 5.74) is 5.19. The molecule has 0 spiro atoms. The summed E-state index contributed by atoms with van der Waals surface area (Å²) in [6.45, 7) is 1.36. The van der Waals surface area contributed by atoms with E-state index in [1.807, 2.05) is 0 Å². The van der Waals surface area contributed by atoms with Gasteiger partial charge in [0, 0.05) is 19.2 Å². The van der Waals surface area contributed by atoms with Crippen molar-refractivity contribution in [1.29, 1.82) is 5.26 Å². The van der Waals surface area contributed by atoms with Gasteiger partial charge in [0.2, 0.25) is 5.91 Å². The molecule has 88 valence electrons. The molecule has 0 bridgehead atoms. The van der Waals surface area contributed by atoms with Crippen LogP contribution in [0.25, 0.3) is 0 Å². The molecular weight excluding hydrogens is 206 g/mol. The molecule has 1 heterocycles. The molecule has 0 radical (unpaired) electrons. The van der Waals surface area contributed by atoms with Gasteiger partial charge < -0.3 is 15.4 Å². The summed E-state index contributed by atoms with van der Waals surface area (Å²) in [4.78, 5) is 14.0. The van der Waals surface area contributed by atoms with E-state index < -0.39 is 5.54 Å². The summed E-state index contributed by atoms with van der Waals surface area (Å²) in [7, 11) is 0. The molecule has 1 saturated carbocycles. The van der Waals surface area contributed by atoms with E-state index >= 15 is 0 Å². The van der Waals surface area contributed by atoms with Crippen molar-refractivity contribution < 1.29 is 9.53 Å². The lowest BCUT2D eigenvalue weighted by molar-refractivity contribution is -0.137. The van der Waals surface area contributed by atoms with Gasteiger partial charge in [0.1, 0.15) is 5.54 Å². The largest absolute Gasteiger partial charge is 0.379 e. The monoisotopic (exact) mass is 223 g/mol. The van der Waals surface area contributed by atoms with Crippen LogP contribution in [0.4, 0.5) is 0 Å². The first-order chi connectivity index (χ1) is 7.67. The van der Waals surface area contributed by atoms with E-state index in [-0.39, 0.29) is 5.91 Å². The number of hydrogen-bond donors (Lipinski definition) is 1. The molecule has 1 aliphatic heterocycles. The molecule has 1 unspecified atom stereocenters. The van der Waals surface area contributed by atoms with Crippen molar-refractivity contribution in [2.24, 2.45) is 5.73 Å². The Morgan fingerprint density at radius 3 is 2.88 bits per heavy atom. The van der Waals surface area contributed by atoms with Crippen molar-refractivity contribution in [2.75, 3.05) is 19.8 Å². The number of amides is 1. The lowest BCUT2D eigenvalue weighted by Crippen LogP contribution is -2.56. The molecule has 5 nitrogen and oxygen atoms in total. The number of hydrogen-bond acceptors (Lipinski definition) is 4. The first kappa shape index (κ1) is 11.4. The molecule has 1 aliphatic carbocycles. The maximum Gasteiger partial charge on any atom is 0.245 e. The lowest BCUT2D eigenvalue weighted by Gasteiger charge is -2.30. The molecule has 5 heteroatoms. The predicted octanol–water partition coefficient (Wildman–Crippen LogP) is 0.00888. The Kier molecular flexibility index (Phi) is 3.13. The van der Waals surface area contributed by atoms with Crippen molar-refractivity contribution in [3.8, 4) is 6.07 Å². The van der Waals surface area contributed by atoms with E-state index in [2.05, 4.69) is 6.07 Å². The SMILES string of the molecule is N#CCCN(C(=O)C1(N)CCOC1)C1CC1. The fraction of sp³-hybridized carbons (Fsp3) is 0.818. The Hall–Kier alpha value is -1.12. The summed E-state index contributed by atoms with van der Waals surface area (Å²) >= 11 is 0. The van der Waals surface area contributed by atoms with Crippen LogP contribution >= 0.6 is 0 Å². The van der Waals surface area contributed by atoms with Gasteiger partial charge in [-0.25, -0.2) is 0 Å². The molecule has 1 amide bonds. The Balaban J connectivity index is 2.01. The molecule has 1 saturated heterocycles. The highest BCUT2D eigenvalue weighted by atomic mass is 16.5. The number of nitrogens with two attached hydrogens (primary N) is 1. The van der Waals surface area contributed by atoms with Gasteiger partial charge >= 0.3 is 0 Å². The first-order valence-corrected chi connectivity index (χ1v) is 5.72. The first-order valence-electron chi connectivity index (χ1n) is 5.72. The Morgan fingerprint density at radius 2 is 2.38 bits per heavy atom.